The molecule has 0 fully saturated rings. The van der Waals surface area contributed by atoms with Crippen LogP contribution in [0.5, 0.6) is 0 Å². The Hall–Kier alpha value is -4.67. The van der Waals surface area contributed by atoms with E-state index < -0.39 is 0 Å². The molecule has 202 valence electrons. The van der Waals surface area contributed by atoms with E-state index in [-0.39, 0.29) is 11.8 Å². The second-order valence-corrected chi connectivity index (χ2v) is 11.5. The molecule has 2 atom stereocenters. The van der Waals surface area contributed by atoms with E-state index in [0.717, 1.165) is 37.8 Å². The van der Waals surface area contributed by atoms with Crippen LogP contribution in [-0.2, 0) is 0 Å². The van der Waals surface area contributed by atoms with Crippen molar-refractivity contribution in [2.24, 2.45) is 5.92 Å². The third-order valence-corrected chi connectivity index (χ3v) is 8.60. The Balaban J connectivity index is 1.34. The first-order valence-electron chi connectivity index (χ1n) is 14.2. The van der Waals surface area contributed by atoms with Gasteiger partial charge in [0.1, 0.15) is 5.82 Å². The Labute approximate surface area is 254 Å². The number of benzene rings is 5. The first-order valence-corrected chi connectivity index (χ1v) is 15.0. The quantitative estimate of drug-likeness (QED) is 0.196. The van der Waals surface area contributed by atoms with Crippen molar-refractivity contribution in [3.8, 4) is 33.9 Å². The van der Waals surface area contributed by atoms with Crippen LogP contribution < -0.4 is 0 Å². The lowest BCUT2D eigenvalue weighted by atomic mass is 9.84. The highest BCUT2D eigenvalue weighted by Gasteiger charge is 2.24. The van der Waals surface area contributed by atoms with E-state index in [0.29, 0.717) is 11.6 Å². The number of hydrogen-bond donors (Lipinski definition) is 0. The first kappa shape index (κ1) is 26.2. The van der Waals surface area contributed by atoms with Crippen LogP contribution in [0.4, 0.5) is 0 Å². The molecule has 1 aromatic heterocycles. The van der Waals surface area contributed by atoms with E-state index in [1.165, 1.54) is 16.7 Å². The number of hydrogen-bond acceptors (Lipinski definition) is 3. The summed E-state index contributed by atoms with van der Waals surface area (Å²) < 4.78 is 1.05. The van der Waals surface area contributed by atoms with Crippen LogP contribution >= 0.6 is 15.9 Å². The van der Waals surface area contributed by atoms with Gasteiger partial charge in [0.15, 0.2) is 11.6 Å². The molecular formula is C38H28BrN3. The molecule has 1 aliphatic carbocycles. The smallest absolute Gasteiger partial charge is 0.164 e. The highest BCUT2D eigenvalue weighted by Crippen LogP contribution is 2.37. The van der Waals surface area contributed by atoms with E-state index in [1.54, 1.807) is 0 Å². The van der Waals surface area contributed by atoms with Gasteiger partial charge in [-0.25, -0.2) is 15.0 Å². The van der Waals surface area contributed by atoms with Crippen molar-refractivity contribution in [3.05, 3.63) is 155 Å². The molecule has 7 rings (SSSR count). The summed E-state index contributed by atoms with van der Waals surface area (Å²) >= 11 is 3.72. The Morgan fingerprint density at radius 2 is 1.14 bits per heavy atom. The fourth-order valence-corrected chi connectivity index (χ4v) is 6.14. The predicted octanol–water partition coefficient (Wildman–Crippen LogP) is 10.2. The van der Waals surface area contributed by atoms with Gasteiger partial charge in [-0.2, -0.15) is 0 Å². The molecule has 0 amide bonds. The van der Waals surface area contributed by atoms with E-state index in [9.17, 15) is 0 Å². The van der Waals surface area contributed by atoms with Crippen LogP contribution in [0.1, 0.15) is 24.2 Å². The fourth-order valence-electron chi connectivity index (χ4n) is 5.66. The van der Waals surface area contributed by atoms with Gasteiger partial charge < -0.3 is 0 Å². The lowest BCUT2D eigenvalue weighted by Crippen LogP contribution is -2.14. The normalized spacial score (nSPS) is 16.4. The molecule has 0 N–H and O–H groups in total. The number of allylic oxidation sites excluding steroid dienone is 4. The Bertz CT molecular complexity index is 1950. The molecule has 0 radical (unpaired) electrons. The number of nitrogens with zero attached hydrogens (tertiary/aromatic N) is 3. The molecule has 6 aromatic rings. The minimum Gasteiger partial charge on any atom is -0.212 e. The molecule has 0 saturated heterocycles. The van der Waals surface area contributed by atoms with Gasteiger partial charge >= 0.3 is 0 Å². The molecule has 2 unspecified atom stereocenters. The average Bonchev–Trinajstić information content (AvgIpc) is 3.06. The standard InChI is InChI=1S/C38H28BrN3/c1-25-24-30(27-12-6-3-7-13-27)20-21-31(25)37-40-36(29-18-16-28(17-19-29)26-10-4-2-5-11-26)41-38(42-37)34-22-23-35(39)33-15-9-8-14-32(33)34/h2-25,31H,1H3. The largest absolute Gasteiger partial charge is 0.212 e. The van der Waals surface area contributed by atoms with Crippen LogP contribution in [0.2, 0.25) is 0 Å². The summed E-state index contributed by atoms with van der Waals surface area (Å²) in [5, 5.41) is 2.24. The first-order chi connectivity index (χ1) is 20.6. The van der Waals surface area contributed by atoms with Crippen LogP contribution in [0, 0.1) is 5.92 Å². The molecule has 1 heterocycles. The maximum Gasteiger partial charge on any atom is 0.164 e. The van der Waals surface area contributed by atoms with E-state index in [2.05, 4.69) is 156 Å². The van der Waals surface area contributed by atoms with Gasteiger partial charge in [0.25, 0.3) is 0 Å². The molecular weight excluding hydrogens is 578 g/mol. The van der Waals surface area contributed by atoms with Gasteiger partial charge in [0.2, 0.25) is 0 Å². The van der Waals surface area contributed by atoms with Crippen molar-refractivity contribution in [2.75, 3.05) is 0 Å². The van der Waals surface area contributed by atoms with Gasteiger partial charge in [-0.05, 0) is 51.1 Å². The summed E-state index contributed by atoms with van der Waals surface area (Å²) in [6.45, 7) is 2.24. The molecule has 0 spiro atoms. The fraction of sp³-hybridized carbons (Fsp3) is 0.0789. The lowest BCUT2D eigenvalue weighted by Gasteiger charge is -2.23. The minimum atomic E-state index is 0.0308. The predicted molar refractivity (Wildman–Crippen MR) is 177 cm³/mol. The van der Waals surface area contributed by atoms with E-state index in [1.807, 2.05) is 6.07 Å². The summed E-state index contributed by atoms with van der Waals surface area (Å²) in [6.07, 6.45) is 6.77. The number of halogens is 1. The number of rotatable bonds is 5. The summed E-state index contributed by atoms with van der Waals surface area (Å²) in [4.78, 5) is 15.3. The Morgan fingerprint density at radius 3 is 1.86 bits per heavy atom. The molecule has 1 aliphatic rings. The van der Waals surface area contributed by atoms with Crippen LogP contribution in [0.25, 0.3) is 50.2 Å². The maximum absolute atomic E-state index is 5.13. The maximum atomic E-state index is 5.13. The Kier molecular flexibility index (Phi) is 7.06. The van der Waals surface area contributed by atoms with Crippen LogP contribution in [0.15, 0.2) is 144 Å². The van der Waals surface area contributed by atoms with Gasteiger partial charge in [-0.3, -0.25) is 0 Å². The molecule has 3 nitrogen and oxygen atoms in total. The summed E-state index contributed by atoms with van der Waals surface area (Å²) in [5.41, 5.74) is 6.75. The van der Waals surface area contributed by atoms with Gasteiger partial charge in [-0.15, -0.1) is 0 Å². The van der Waals surface area contributed by atoms with Gasteiger partial charge in [0, 0.05) is 21.5 Å². The van der Waals surface area contributed by atoms with E-state index >= 15 is 0 Å². The SMILES string of the molecule is CC1C=C(c2ccccc2)C=CC1c1nc(-c2ccc(-c3ccccc3)cc2)nc(-c2ccc(Br)c3ccccc23)n1. The third-order valence-electron chi connectivity index (χ3n) is 7.91. The number of aromatic nitrogens is 3. The van der Waals surface area contributed by atoms with Crippen molar-refractivity contribution in [1.82, 2.24) is 15.0 Å². The highest BCUT2D eigenvalue weighted by atomic mass is 79.9. The van der Waals surface area contributed by atoms with Crippen molar-refractivity contribution in [3.63, 3.8) is 0 Å². The van der Waals surface area contributed by atoms with Crippen molar-refractivity contribution < 1.29 is 0 Å². The minimum absolute atomic E-state index is 0.0308. The van der Waals surface area contributed by atoms with Crippen molar-refractivity contribution in [1.29, 1.82) is 0 Å². The monoisotopic (exact) mass is 605 g/mol. The molecule has 4 heteroatoms. The molecule has 0 saturated carbocycles. The van der Waals surface area contributed by atoms with Gasteiger partial charge in [-0.1, -0.05) is 150 Å². The topological polar surface area (TPSA) is 38.7 Å². The van der Waals surface area contributed by atoms with E-state index in [4.69, 9.17) is 15.0 Å². The summed E-state index contributed by atoms with van der Waals surface area (Å²) in [5.74, 6) is 2.39. The molecule has 5 aromatic carbocycles. The van der Waals surface area contributed by atoms with Crippen molar-refractivity contribution in [2.45, 2.75) is 12.8 Å². The van der Waals surface area contributed by atoms with Crippen molar-refractivity contribution >= 4 is 32.3 Å². The summed E-state index contributed by atoms with van der Waals surface area (Å²) in [6, 6.07) is 42.0. The number of fused-ring (bicyclic) bond motifs is 1. The second kappa shape index (κ2) is 11.3. The molecule has 42 heavy (non-hydrogen) atoms. The Morgan fingerprint density at radius 1 is 0.548 bits per heavy atom. The second-order valence-electron chi connectivity index (χ2n) is 10.7. The average molecular weight is 607 g/mol. The summed E-state index contributed by atoms with van der Waals surface area (Å²) in [7, 11) is 0. The zero-order chi connectivity index (χ0) is 28.5. The highest BCUT2D eigenvalue weighted by molar-refractivity contribution is 9.10. The zero-order valence-electron chi connectivity index (χ0n) is 23.2. The zero-order valence-corrected chi connectivity index (χ0v) is 24.7. The van der Waals surface area contributed by atoms with Crippen LogP contribution in [-0.4, -0.2) is 15.0 Å². The van der Waals surface area contributed by atoms with Crippen LogP contribution in [0.3, 0.4) is 0 Å². The third kappa shape index (κ3) is 5.10. The van der Waals surface area contributed by atoms with Gasteiger partial charge in [0.05, 0.1) is 0 Å². The lowest BCUT2D eigenvalue weighted by molar-refractivity contribution is 0.602. The molecule has 0 bridgehead atoms. The molecule has 0 aliphatic heterocycles.